The lowest BCUT2D eigenvalue weighted by Gasteiger charge is -2.35. The number of hydrogen-bond acceptors (Lipinski definition) is 7. The third-order valence-electron chi connectivity index (χ3n) is 5.23. The topological polar surface area (TPSA) is 120 Å². The van der Waals surface area contributed by atoms with Gasteiger partial charge in [-0.1, -0.05) is 29.5 Å². The molecule has 0 spiro atoms. The molecule has 0 unspecified atom stereocenters. The fourth-order valence-corrected chi connectivity index (χ4v) is 6.45. The summed E-state index contributed by atoms with van der Waals surface area (Å²) in [6, 6.07) is 8.16. The van der Waals surface area contributed by atoms with Gasteiger partial charge in [-0.2, -0.15) is 4.31 Å². The lowest BCUT2D eigenvalue weighted by molar-refractivity contribution is -0.117. The molecule has 1 aromatic heterocycles. The van der Waals surface area contributed by atoms with Crippen LogP contribution in [0.3, 0.4) is 0 Å². The van der Waals surface area contributed by atoms with E-state index in [1.807, 2.05) is 6.07 Å². The highest BCUT2D eigenvalue weighted by Crippen LogP contribution is 2.30. The number of thiazole rings is 1. The van der Waals surface area contributed by atoms with Gasteiger partial charge in [-0.15, -0.1) is 0 Å². The van der Waals surface area contributed by atoms with Crippen molar-refractivity contribution in [1.82, 2.24) is 14.2 Å². The Morgan fingerprint density at radius 1 is 1.16 bits per heavy atom. The van der Waals surface area contributed by atoms with E-state index >= 15 is 0 Å². The Hall–Kier alpha value is -2.83. The van der Waals surface area contributed by atoms with Crippen molar-refractivity contribution >= 4 is 50.0 Å². The van der Waals surface area contributed by atoms with Crippen LogP contribution in [-0.4, -0.2) is 66.1 Å². The maximum atomic E-state index is 12.9. The molecule has 2 aliphatic heterocycles. The van der Waals surface area contributed by atoms with E-state index in [0.29, 0.717) is 18.5 Å². The lowest BCUT2D eigenvalue weighted by Crippen LogP contribution is -2.47. The van der Waals surface area contributed by atoms with Gasteiger partial charge in [0.2, 0.25) is 5.91 Å². The van der Waals surface area contributed by atoms with Crippen LogP contribution in [0.15, 0.2) is 40.7 Å². The van der Waals surface area contributed by atoms with Crippen LogP contribution in [0.1, 0.15) is 19.8 Å². The summed E-state index contributed by atoms with van der Waals surface area (Å²) >= 11 is 0.898. The van der Waals surface area contributed by atoms with E-state index in [9.17, 15) is 22.8 Å². The predicted octanol–water partition coefficient (Wildman–Crippen LogP) is 1.72. The number of imide groups is 1. The molecule has 3 heterocycles. The van der Waals surface area contributed by atoms with E-state index in [1.165, 1.54) is 27.2 Å². The summed E-state index contributed by atoms with van der Waals surface area (Å²) < 4.78 is 27.2. The maximum absolute atomic E-state index is 12.9. The summed E-state index contributed by atoms with van der Waals surface area (Å²) in [6.45, 7) is 1.76. The number of carbonyl (C=O) groups excluding carboxylic acids is 3. The third kappa shape index (κ3) is 4.18. The van der Waals surface area contributed by atoms with Crippen molar-refractivity contribution in [3.63, 3.8) is 0 Å². The number of benzene rings is 1. The largest absolute Gasteiger partial charge is 0.332 e. The smallest absolute Gasteiger partial charge is 0.312 e. The molecule has 0 saturated carbocycles. The number of aromatic nitrogens is 1. The molecule has 31 heavy (non-hydrogen) atoms. The lowest BCUT2D eigenvalue weighted by atomic mass is 10.1. The fraction of sp³-hybridized carbons (Fsp3) is 0.368. The SMILES string of the molecule is CC(=O)Nc1ncc(S(=O)(=O)N2CCC(N3CC(=O)N(c4ccccc4)C3=O)CC2)s1. The van der Waals surface area contributed by atoms with Gasteiger partial charge in [0.1, 0.15) is 6.54 Å². The average molecular weight is 464 g/mol. The van der Waals surface area contributed by atoms with E-state index in [4.69, 9.17) is 0 Å². The van der Waals surface area contributed by atoms with Gasteiger partial charge in [-0.05, 0) is 25.0 Å². The highest BCUT2D eigenvalue weighted by molar-refractivity contribution is 7.91. The molecular formula is C19H21N5O5S2. The van der Waals surface area contributed by atoms with Gasteiger partial charge in [-0.3, -0.25) is 9.59 Å². The summed E-state index contributed by atoms with van der Waals surface area (Å²) in [5.74, 6) is -0.616. The molecule has 1 N–H and O–H groups in total. The molecule has 0 atom stereocenters. The first-order valence-electron chi connectivity index (χ1n) is 9.69. The Balaban J connectivity index is 1.42. The molecule has 4 rings (SSSR count). The van der Waals surface area contributed by atoms with Crippen molar-refractivity contribution in [2.24, 2.45) is 0 Å². The molecule has 0 bridgehead atoms. The molecule has 2 saturated heterocycles. The molecular weight excluding hydrogens is 442 g/mol. The van der Waals surface area contributed by atoms with E-state index in [0.717, 1.165) is 11.3 Å². The second-order valence-electron chi connectivity index (χ2n) is 7.28. The molecule has 164 valence electrons. The van der Waals surface area contributed by atoms with Crippen molar-refractivity contribution in [2.45, 2.75) is 30.0 Å². The summed E-state index contributed by atoms with van der Waals surface area (Å²) in [5.41, 5.74) is 0.528. The van der Waals surface area contributed by atoms with Gasteiger partial charge in [0.25, 0.3) is 15.9 Å². The maximum Gasteiger partial charge on any atom is 0.332 e. The number of urea groups is 1. The number of nitrogens with one attached hydrogen (secondary N) is 1. The van der Waals surface area contributed by atoms with Crippen LogP contribution in [0, 0.1) is 0 Å². The number of hydrogen-bond donors (Lipinski definition) is 1. The molecule has 2 aromatic rings. The van der Waals surface area contributed by atoms with Crippen LogP contribution in [-0.2, 0) is 19.6 Å². The van der Waals surface area contributed by atoms with E-state index < -0.39 is 10.0 Å². The number of nitrogens with zero attached hydrogens (tertiary/aromatic N) is 4. The van der Waals surface area contributed by atoms with Crippen LogP contribution >= 0.6 is 11.3 Å². The Morgan fingerprint density at radius 3 is 2.48 bits per heavy atom. The Kier molecular flexibility index (Phi) is 5.77. The summed E-state index contributed by atoms with van der Waals surface area (Å²) in [4.78, 5) is 43.1. The molecule has 10 nitrogen and oxygen atoms in total. The number of sulfonamides is 1. The van der Waals surface area contributed by atoms with E-state index in [1.54, 1.807) is 24.3 Å². The number of piperidine rings is 1. The zero-order chi connectivity index (χ0) is 22.2. The second-order valence-corrected chi connectivity index (χ2v) is 10.5. The fourth-order valence-electron chi connectivity index (χ4n) is 3.74. The highest BCUT2D eigenvalue weighted by Gasteiger charge is 2.42. The Morgan fingerprint density at radius 2 is 1.84 bits per heavy atom. The number of amides is 4. The first-order chi connectivity index (χ1) is 14.8. The quantitative estimate of drug-likeness (QED) is 0.674. The molecule has 2 aliphatic rings. The van der Waals surface area contributed by atoms with Gasteiger partial charge in [-0.25, -0.2) is 23.1 Å². The minimum atomic E-state index is -3.74. The van der Waals surface area contributed by atoms with Gasteiger partial charge >= 0.3 is 6.03 Å². The van der Waals surface area contributed by atoms with Gasteiger partial charge in [0.15, 0.2) is 9.34 Å². The highest BCUT2D eigenvalue weighted by atomic mass is 32.2. The van der Waals surface area contributed by atoms with Crippen LogP contribution < -0.4 is 10.2 Å². The van der Waals surface area contributed by atoms with Crippen molar-refractivity contribution in [3.8, 4) is 0 Å². The van der Waals surface area contributed by atoms with Crippen LogP contribution in [0.5, 0.6) is 0 Å². The molecule has 0 aliphatic carbocycles. The first kappa shape index (κ1) is 21.4. The van der Waals surface area contributed by atoms with Gasteiger partial charge in [0, 0.05) is 26.1 Å². The zero-order valence-electron chi connectivity index (χ0n) is 16.7. The monoisotopic (exact) mass is 463 g/mol. The number of anilines is 2. The standard InChI is InChI=1S/C19H21N5O5S2/c1-13(25)21-18-20-11-17(30-18)31(28,29)22-9-7-14(8-10-22)23-12-16(26)24(19(23)27)15-5-3-2-4-6-15/h2-6,11,14H,7-10,12H2,1H3,(H,20,21,25). The molecule has 2 fully saturated rings. The molecule has 0 radical (unpaired) electrons. The van der Waals surface area contributed by atoms with Crippen LogP contribution in [0.2, 0.25) is 0 Å². The number of para-hydroxylation sites is 1. The molecule has 1 aromatic carbocycles. The Bertz CT molecular complexity index is 1110. The minimum absolute atomic E-state index is 0.0138. The number of rotatable bonds is 5. The second kappa shape index (κ2) is 8.36. The van der Waals surface area contributed by atoms with E-state index in [2.05, 4.69) is 10.3 Å². The summed E-state index contributed by atoms with van der Waals surface area (Å²) in [6.07, 6.45) is 2.09. The average Bonchev–Trinajstić information content (AvgIpc) is 3.33. The van der Waals surface area contributed by atoms with Crippen molar-refractivity contribution in [1.29, 1.82) is 0 Å². The zero-order valence-corrected chi connectivity index (χ0v) is 18.4. The van der Waals surface area contributed by atoms with Crippen LogP contribution in [0.25, 0.3) is 0 Å². The van der Waals surface area contributed by atoms with Gasteiger partial charge in [0.05, 0.1) is 11.9 Å². The first-order valence-corrected chi connectivity index (χ1v) is 11.9. The predicted molar refractivity (Wildman–Crippen MR) is 114 cm³/mol. The van der Waals surface area contributed by atoms with Crippen molar-refractivity contribution in [3.05, 3.63) is 36.5 Å². The summed E-state index contributed by atoms with van der Waals surface area (Å²) in [7, 11) is -3.74. The molecule has 4 amide bonds. The van der Waals surface area contributed by atoms with Gasteiger partial charge < -0.3 is 10.2 Å². The van der Waals surface area contributed by atoms with Crippen molar-refractivity contribution < 1.29 is 22.8 Å². The van der Waals surface area contributed by atoms with Crippen molar-refractivity contribution in [2.75, 3.05) is 29.9 Å². The normalized spacial score (nSPS) is 18.6. The number of carbonyl (C=O) groups is 3. The summed E-state index contributed by atoms with van der Waals surface area (Å²) in [5, 5.41) is 2.70. The van der Waals surface area contributed by atoms with E-state index in [-0.39, 0.29) is 52.9 Å². The molecule has 12 heteroatoms. The van der Waals surface area contributed by atoms with Crippen LogP contribution in [0.4, 0.5) is 15.6 Å². The Labute approximate surface area is 183 Å². The third-order valence-corrected chi connectivity index (χ3v) is 8.48. The minimum Gasteiger partial charge on any atom is -0.312 e.